The molecule has 1 amide bonds. The van der Waals surface area contributed by atoms with Crippen LogP contribution in [0.15, 0.2) is 71.8 Å². The zero-order valence-corrected chi connectivity index (χ0v) is 23.5. The molecule has 0 radical (unpaired) electrons. The van der Waals surface area contributed by atoms with Gasteiger partial charge in [-0.3, -0.25) is 4.79 Å². The standard InChI is InChI=1S/C23H24N4O2.C9H18O.2H2/c1-3-19(12-24-23(28)18-9-10-27(13-18)20-14-29-15-20)25-22-8-7-21(26-22)17-6-4-5-16(2)11-17;1-8-6-4-3-5-7-9(2)10-8;;/h4-7,9-11,13,20H,1,8,12,14-15H2,2H3,(H,24,28)(H,25,26);8-9H,3-7H2,1-2H3;2*1H/t;8-,9+;;. The molecule has 1 aromatic heterocycles. The molecule has 5 rings (SSSR count). The number of carbonyl (C=O) groups excluding carboxylic acids is 1. The van der Waals surface area contributed by atoms with Crippen molar-refractivity contribution in [1.82, 2.24) is 15.2 Å². The highest BCUT2D eigenvalue weighted by molar-refractivity contribution is 5.96. The molecule has 0 aliphatic carbocycles. The highest BCUT2D eigenvalue weighted by Crippen LogP contribution is 2.23. The molecule has 7 nitrogen and oxygen atoms in total. The van der Waals surface area contributed by atoms with Gasteiger partial charge in [0.2, 0.25) is 0 Å². The van der Waals surface area contributed by atoms with Crippen LogP contribution in [0.4, 0.5) is 0 Å². The van der Waals surface area contributed by atoms with E-state index in [9.17, 15) is 4.79 Å². The summed E-state index contributed by atoms with van der Waals surface area (Å²) in [6.07, 6.45) is 14.2. The molecular formula is C32H46N4O3. The first kappa shape index (κ1) is 28.6. The monoisotopic (exact) mass is 534 g/mol. The van der Waals surface area contributed by atoms with Crippen molar-refractivity contribution in [2.45, 2.75) is 77.5 Å². The van der Waals surface area contributed by atoms with Gasteiger partial charge < -0.3 is 24.7 Å². The van der Waals surface area contributed by atoms with Crippen LogP contribution in [0.3, 0.4) is 0 Å². The van der Waals surface area contributed by atoms with Gasteiger partial charge in [0.05, 0.1) is 55.0 Å². The Kier molecular flexibility index (Phi) is 10.4. The summed E-state index contributed by atoms with van der Waals surface area (Å²) in [4.78, 5) is 17.1. The van der Waals surface area contributed by atoms with E-state index in [1.54, 1.807) is 0 Å². The Bertz CT molecular complexity index is 1240. The summed E-state index contributed by atoms with van der Waals surface area (Å²) in [7, 11) is 0. The lowest BCUT2D eigenvalue weighted by molar-refractivity contribution is -0.0231. The van der Waals surface area contributed by atoms with Gasteiger partial charge >= 0.3 is 0 Å². The minimum Gasteiger partial charge on any atom is -0.377 e. The van der Waals surface area contributed by atoms with Crippen molar-refractivity contribution >= 4 is 17.4 Å². The SMILES string of the molecule is C=C=C(CNC(=O)c1ccn(C2COC2)c1)NC1=NC(c2cccc(C)c2)=CC1.C[C@@H]1CCCCC[C@H](C)O1.[HH].[HH]. The maximum Gasteiger partial charge on any atom is 0.253 e. The van der Waals surface area contributed by atoms with E-state index in [0.29, 0.717) is 55.7 Å². The average molecular weight is 535 g/mol. The number of amidine groups is 1. The Balaban J connectivity index is 0.000000418. The number of hydrogen-bond donors (Lipinski definition) is 2. The number of amides is 1. The molecule has 2 N–H and O–H groups in total. The minimum atomic E-state index is -0.134. The summed E-state index contributed by atoms with van der Waals surface area (Å²) in [6, 6.07) is 10.4. The number of hydrogen-bond acceptors (Lipinski definition) is 5. The third-order valence-electron chi connectivity index (χ3n) is 7.20. The number of aryl methyl sites for hydroxylation is 1. The highest BCUT2D eigenvalue weighted by Gasteiger charge is 2.21. The fourth-order valence-corrected chi connectivity index (χ4v) is 4.83. The lowest BCUT2D eigenvalue weighted by Crippen LogP contribution is -2.32. The number of aromatic nitrogens is 1. The lowest BCUT2D eigenvalue weighted by atomic mass is 10.1. The van der Waals surface area contributed by atoms with Crippen LogP contribution in [0.1, 0.15) is 82.8 Å². The predicted octanol–water partition coefficient (Wildman–Crippen LogP) is 6.44. The van der Waals surface area contributed by atoms with Crippen LogP contribution in [0, 0.1) is 6.92 Å². The Hall–Kier alpha value is -3.38. The summed E-state index contributed by atoms with van der Waals surface area (Å²) >= 11 is 0. The molecule has 2 saturated heterocycles. The van der Waals surface area contributed by atoms with Crippen LogP contribution in [-0.2, 0) is 9.47 Å². The van der Waals surface area contributed by atoms with Crippen LogP contribution in [0.2, 0.25) is 0 Å². The van der Waals surface area contributed by atoms with Gasteiger partial charge in [0.15, 0.2) is 0 Å². The van der Waals surface area contributed by atoms with Gasteiger partial charge in [-0.1, -0.05) is 55.7 Å². The van der Waals surface area contributed by atoms with Crippen molar-refractivity contribution in [3.05, 3.63) is 83.5 Å². The van der Waals surface area contributed by atoms with Crippen molar-refractivity contribution in [3.8, 4) is 0 Å². The molecule has 3 aliphatic rings. The van der Waals surface area contributed by atoms with Gasteiger partial charge in [0.1, 0.15) is 5.84 Å². The van der Waals surface area contributed by atoms with E-state index in [1.807, 2.05) is 29.1 Å². The smallest absolute Gasteiger partial charge is 0.253 e. The van der Waals surface area contributed by atoms with Crippen molar-refractivity contribution < 1.29 is 17.1 Å². The predicted molar refractivity (Wildman–Crippen MR) is 161 cm³/mol. The molecular weight excluding hydrogens is 488 g/mol. The van der Waals surface area contributed by atoms with Gasteiger partial charge in [-0.05, 0) is 45.7 Å². The van der Waals surface area contributed by atoms with E-state index in [4.69, 9.17) is 9.47 Å². The van der Waals surface area contributed by atoms with E-state index < -0.39 is 0 Å². The van der Waals surface area contributed by atoms with Crippen LogP contribution < -0.4 is 10.6 Å². The first-order chi connectivity index (χ1) is 18.9. The molecule has 0 spiro atoms. The van der Waals surface area contributed by atoms with Gasteiger partial charge in [0, 0.05) is 27.2 Å². The maximum atomic E-state index is 12.4. The van der Waals surface area contributed by atoms with E-state index in [1.165, 1.54) is 37.7 Å². The fraction of sp³-hybridized carbons (Fsp3) is 0.469. The summed E-state index contributed by atoms with van der Waals surface area (Å²) in [5, 5.41) is 6.14. The topological polar surface area (TPSA) is 76.9 Å². The lowest BCUT2D eigenvalue weighted by Gasteiger charge is -2.27. The van der Waals surface area contributed by atoms with Gasteiger partial charge in [-0.15, -0.1) is 5.73 Å². The van der Waals surface area contributed by atoms with Crippen LogP contribution in [0.5, 0.6) is 0 Å². The number of carbonyl (C=O) groups is 1. The van der Waals surface area contributed by atoms with Crippen molar-refractivity contribution in [2.24, 2.45) is 4.99 Å². The van der Waals surface area contributed by atoms with Gasteiger partial charge in [0.25, 0.3) is 5.91 Å². The maximum absolute atomic E-state index is 12.4. The fourth-order valence-electron chi connectivity index (χ4n) is 4.83. The van der Waals surface area contributed by atoms with Crippen molar-refractivity contribution in [1.29, 1.82) is 0 Å². The molecule has 0 unspecified atom stereocenters. The first-order valence-electron chi connectivity index (χ1n) is 14.1. The van der Waals surface area contributed by atoms with Crippen LogP contribution in [0.25, 0.3) is 5.70 Å². The number of rotatable bonds is 6. The zero-order chi connectivity index (χ0) is 27.6. The van der Waals surface area contributed by atoms with Crippen molar-refractivity contribution in [2.75, 3.05) is 19.8 Å². The Morgan fingerprint density at radius 2 is 1.95 bits per heavy atom. The molecule has 7 heteroatoms. The number of ether oxygens (including phenoxy) is 2. The number of benzene rings is 1. The molecule has 3 aliphatic heterocycles. The third-order valence-corrected chi connectivity index (χ3v) is 7.20. The minimum absolute atomic E-state index is 0. The van der Waals surface area contributed by atoms with Crippen molar-refractivity contribution in [3.63, 3.8) is 0 Å². The summed E-state index contributed by atoms with van der Waals surface area (Å²) in [5.74, 6) is 0.684. The normalized spacial score (nSPS) is 21.1. The third kappa shape index (κ3) is 8.56. The second-order valence-electron chi connectivity index (χ2n) is 10.6. The van der Waals surface area contributed by atoms with Crippen LogP contribution in [-0.4, -0.2) is 48.3 Å². The Labute approximate surface area is 235 Å². The largest absolute Gasteiger partial charge is 0.377 e. The van der Waals surface area contributed by atoms with E-state index in [2.05, 4.69) is 73.0 Å². The number of aliphatic imine (C=N–C) groups is 1. The number of nitrogens with one attached hydrogen (secondary N) is 2. The molecule has 0 bridgehead atoms. The summed E-state index contributed by atoms with van der Waals surface area (Å²) < 4.78 is 12.9. The molecule has 4 heterocycles. The highest BCUT2D eigenvalue weighted by atomic mass is 16.5. The molecule has 212 valence electrons. The van der Waals surface area contributed by atoms with E-state index in [0.717, 1.165) is 17.1 Å². The Morgan fingerprint density at radius 1 is 1.18 bits per heavy atom. The average Bonchev–Trinajstić information content (AvgIpc) is 3.55. The summed E-state index contributed by atoms with van der Waals surface area (Å²) in [5.41, 5.74) is 7.41. The first-order valence-corrected chi connectivity index (χ1v) is 14.1. The Morgan fingerprint density at radius 3 is 2.62 bits per heavy atom. The molecule has 2 aromatic rings. The van der Waals surface area contributed by atoms with Crippen LogP contribution >= 0.6 is 0 Å². The molecule has 39 heavy (non-hydrogen) atoms. The molecule has 2 atom stereocenters. The van der Waals surface area contributed by atoms with Gasteiger partial charge in [-0.25, -0.2) is 4.99 Å². The summed E-state index contributed by atoms with van der Waals surface area (Å²) in [6.45, 7) is 11.9. The zero-order valence-electron chi connectivity index (χ0n) is 23.5. The molecule has 2 fully saturated rings. The number of nitrogens with zero attached hydrogens (tertiary/aromatic N) is 2. The van der Waals surface area contributed by atoms with E-state index in [-0.39, 0.29) is 8.76 Å². The quantitative estimate of drug-likeness (QED) is 0.419. The van der Waals surface area contributed by atoms with Gasteiger partial charge in [-0.2, -0.15) is 0 Å². The molecule has 0 saturated carbocycles. The second-order valence-corrected chi connectivity index (χ2v) is 10.6. The van der Waals surface area contributed by atoms with E-state index >= 15 is 0 Å². The molecule has 1 aromatic carbocycles. The second kappa shape index (κ2) is 14.1.